The van der Waals surface area contributed by atoms with Crippen molar-refractivity contribution >= 4 is 0 Å². The second-order valence-corrected chi connectivity index (χ2v) is 7.92. The summed E-state index contributed by atoms with van der Waals surface area (Å²) in [5.74, 6) is 2.55. The second-order valence-electron chi connectivity index (χ2n) is 7.92. The SMILES string of the molecule is CC1CC1CN(C)C1CC(C(C)(C)C)CCC1O. The van der Waals surface area contributed by atoms with E-state index in [-0.39, 0.29) is 6.10 Å². The van der Waals surface area contributed by atoms with E-state index in [1.54, 1.807) is 0 Å². The molecule has 0 heterocycles. The molecule has 2 aliphatic rings. The molecule has 1 N–H and O–H groups in total. The van der Waals surface area contributed by atoms with Crippen molar-refractivity contribution in [3.8, 4) is 0 Å². The number of nitrogens with zero attached hydrogens (tertiary/aromatic N) is 1. The van der Waals surface area contributed by atoms with Gasteiger partial charge in [-0.25, -0.2) is 0 Å². The van der Waals surface area contributed by atoms with Crippen LogP contribution in [0.1, 0.15) is 53.4 Å². The zero-order valence-electron chi connectivity index (χ0n) is 12.8. The molecule has 2 rings (SSSR count). The molecule has 0 aromatic rings. The third-order valence-electron chi connectivity index (χ3n) is 5.37. The summed E-state index contributed by atoms with van der Waals surface area (Å²) in [6.07, 6.45) is 4.62. The normalized spacial score (nSPS) is 41.2. The standard InChI is InChI=1S/C16H31NO/c1-11-8-12(11)10-17(5)14-9-13(16(2,3)4)6-7-15(14)18/h11-15,18H,6-10H2,1-5H3. The first-order valence-electron chi connectivity index (χ1n) is 7.67. The van der Waals surface area contributed by atoms with Crippen LogP contribution in [0, 0.1) is 23.2 Å². The molecule has 0 saturated heterocycles. The Kier molecular flexibility index (Phi) is 4.08. The zero-order chi connectivity index (χ0) is 13.5. The molecule has 0 aliphatic heterocycles. The Labute approximate surface area is 113 Å². The second kappa shape index (κ2) is 5.13. The Bertz CT molecular complexity index is 283. The van der Waals surface area contributed by atoms with Crippen molar-refractivity contribution in [2.75, 3.05) is 13.6 Å². The fraction of sp³-hybridized carbons (Fsp3) is 1.00. The molecular weight excluding hydrogens is 222 g/mol. The molecule has 2 fully saturated rings. The average molecular weight is 253 g/mol. The molecule has 2 aliphatic carbocycles. The van der Waals surface area contributed by atoms with Gasteiger partial charge in [0.15, 0.2) is 0 Å². The van der Waals surface area contributed by atoms with Crippen molar-refractivity contribution in [3.63, 3.8) is 0 Å². The number of likely N-dealkylation sites (N-methyl/N-ethyl adjacent to an activating group) is 1. The molecule has 0 aromatic heterocycles. The van der Waals surface area contributed by atoms with Crippen molar-refractivity contribution in [1.29, 1.82) is 0 Å². The molecule has 2 nitrogen and oxygen atoms in total. The first-order chi connectivity index (χ1) is 8.29. The van der Waals surface area contributed by atoms with Gasteiger partial charge in [-0.15, -0.1) is 0 Å². The summed E-state index contributed by atoms with van der Waals surface area (Å²) in [6, 6.07) is 0.385. The first kappa shape index (κ1) is 14.3. The molecule has 0 aromatic carbocycles. The number of rotatable bonds is 3. The zero-order valence-corrected chi connectivity index (χ0v) is 12.8. The van der Waals surface area contributed by atoms with Crippen LogP contribution in [0.15, 0.2) is 0 Å². The third-order valence-corrected chi connectivity index (χ3v) is 5.37. The summed E-state index contributed by atoms with van der Waals surface area (Å²) in [4.78, 5) is 2.44. The Morgan fingerprint density at radius 3 is 2.28 bits per heavy atom. The van der Waals surface area contributed by atoms with Crippen LogP contribution in [0.5, 0.6) is 0 Å². The van der Waals surface area contributed by atoms with E-state index in [2.05, 4.69) is 39.6 Å². The van der Waals surface area contributed by atoms with Gasteiger partial charge in [-0.1, -0.05) is 27.7 Å². The van der Waals surface area contributed by atoms with Gasteiger partial charge in [-0.3, -0.25) is 0 Å². The van der Waals surface area contributed by atoms with Gasteiger partial charge in [0.1, 0.15) is 0 Å². The summed E-state index contributed by atoms with van der Waals surface area (Å²) in [5, 5.41) is 10.3. The van der Waals surface area contributed by atoms with Gasteiger partial charge in [0.2, 0.25) is 0 Å². The predicted molar refractivity (Wildman–Crippen MR) is 76.5 cm³/mol. The van der Waals surface area contributed by atoms with E-state index >= 15 is 0 Å². The molecule has 2 heteroatoms. The Morgan fingerprint density at radius 2 is 1.78 bits per heavy atom. The van der Waals surface area contributed by atoms with Gasteiger partial charge < -0.3 is 10.0 Å². The van der Waals surface area contributed by atoms with Crippen molar-refractivity contribution in [3.05, 3.63) is 0 Å². The van der Waals surface area contributed by atoms with E-state index in [0.29, 0.717) is 11.5 Å². The Morgan fingerprint density at radius 1 is 1.17 bits per heavy atom. The lowest BCUT2D eigenvalue weighted by Crippen LogP contribution is -2.48. The lowest BCUT2D eigenvalue weighted by molar-refractivity contribution is -0.00923. The summed E-state index contributed by atoms with van der Waals surface area (Å²) >= 11 is 0. The van der Waals surface area contributed by atoms with Crippen molar-refractivity contribution in [2.45, 2.75) is 65.5 Å². The Hall–Kier alpha value is -0.0800. The molecule has 0 bridgehead atoms. The number of aliphatic hydroxyl groups excluding tert-OH is 1. The molecule has 106 valence electrons. The van der Waals surface area contributed by atoms with Crippen LogP contribution in [0.2, 0.25) is 0 Å². The Balaban J connectivity index is 1.92. The highest BCUT2D eigenvalue weighted by Crippen LogP contribution is 2.42. The summed E-state index contributed by atoms with van der Waals surface area (Å²) < 4.78 is 0. The molecule has 0 radical (unpaired) electrons. The minimum absolute atomic E-state index is 0.109. The summed E-state index contributed by atoms with van der Waals surface area (Å²) in [7, 11) is 2.21. The molecule has 0 spiro atoms. The van der Waals surface area contributed by atoms with E-state index in [1.165, 1.54) is 25.8 Å². The van der Waals surface area contributed by atoms with Gasteiger partial charge in [-0.2, -0.15) is 0 Å². The van der Waals surface area contributed by atoms with E-state index < -0.39 is 0 Å². The van der Waals surface area contributed by atoms with Gasteiger partial charge in [0, 0.05) is 12.6 Å². The minimum Gasteiger partial charge on any atom is -0.391 e. The molecule has 5 atom stereocenters. The maximum atomic E-state index is 10.3. The quantitative estimate of drug-likeness (QED) is 0.835. The maximum Gasteiger partial charge on any atom is 0.0695 e. The van der Waals surface area contributed by atoms with Crippen LogP contribution >= 0.6 is 0 Å². The van der Waals surface area contributed by atoms with Crippen LogP contribution in [0.3, 0.4) is 0 Å². The largest absolute Gasteiger partial charge is 0.391 e. The highest BCUT2D eigenvalue weighted by Gasteiger charge is 2.40. The molecule has 0 amide bonds. The van der Waals surface area contributed by atoms with Gasteiger partial charge in [0.05, 0.1) is 6.10 Å². The molecule has 5 unspecified atom stereocenters. The van der Waals surface area contributed by atoms with Crippen LogP contribution in [-0.4, -0.2) is 35.7 Å². The van der Waals surface area contributed by atoms with Crippen LogP contribution in [0.25, 0.3) is 0 Å². The average Bonchev–Trinajstić information content (AvgIpc) is 2.92. The van der Waals surface area contributed by atoms with Crippen molar-refractivity contribution in [1.82, 2.24) is 4.90 Å². The van der Waals surface area contributed by atoms with Gasteiger partial charge in [0.25, 0.3) is 0 Å². The number of aliphatic hydroxyl groups is 1. The summed E-state index contributed by atoms with van der Waals surface area (Å²) in [6.45, 7) is 10.5. The highest BCUT2D eigenvalue weighted by atomic mass is 16.3. The van der Waals surface area contributed by atoms with Gasteiger partial charge in [-0.05, 0) is 55.9 Å². The summed E-state index contributed by atoms with van der Waals surface area (Å²) in [5.41, 5.74) is 0.381. The van der Waals surface area contributed by atoms with Crippen LogP contribution < -0.4 is 0 Å². The van der Waals surface area contributed by atoms with Gasteiger partial charge >= 0.3 is 0 Å². The molecule has 2 saturated carbocycles. The minimum atomic E-state index is -0.109. The predicted octanol–water partition coefficient (Wildman–Crippen LogP) is 3.15. The molecular formula is C16H31NO. The van der Waals surface area contributed by atoms with Crippen LogP contribution in [0.4, 0.5) is 0 Å². The van der Waals surface area contributed by atoms with E-state index in [9.17, 15) is 5.11 Å². The fourth-order valence-electron chi connectivity index (χ4n) is 3.55. The maximum absolute atomic E-state index is 10.3. The highest BCUT2D eigenvalue weighted by molar-refractivity contribution is 4.92. The smallest absolute Gasteiger partial charge is 0.0695 e. The first-order valence-corrected chi connectivity index (χ1v) is 7.67. The van der Waals surface area contributed by atoms with E-state index in [1.807, 2.05) is 0 Å². The van der Waals surface area contributed by atoms with E-state index in [4.69, 9.17) is 0 Å². The molecule has 18 heavy (non-hydrogen) atoms. The lowest BCUT2D eigenvalue weighted by atomic mass is 9.70. The monoisotopic (exact) mass is 253 g/mol. The van der Waals surface area contributed by atoms with Crippen LogP contribution in [-0.2, 0) is 0 Å². The van der Waals surface area contributed by atoms with E-state index in [0.717, 1.165) is 24.2 Å². The topological polar surface area (TPSA) is 23.5 Å². The lowest BCUT2D eigenvalue weighted by Gasteiger charge is -2.43. The van der Waals surface area contributed by atoms with Crippen molar-refractivity contribution < 1.29 is 5.11 Å². The van der Waals surface area contributed by atoms with Crippen molar-refractivity contribution in [2.24, 2.45) is 23.2 Å². The number of hydrogen-bond donors (Lipinski definition) is 1. The third kappa shape index (κ3) is 3.27. The fourth-order valence-corrected chi connectivity index (χ4v) is 3.55. The number of hydrogen-bond acceptors (Lipinski definition) is 2.